The molecule has 4 nitrogen and oxygen atoms in total. The first-order valence-corrected chi connectivity index (χ1v) is 13.3. The summed E-state index contributed by atoms with van der Waals surface area (Å²) in [6.07, 6.45) is 11.1. The van der Waals surface area contributed by atoms with Crippen molar-refractivity contribution in [2.45, 2.75) is 13.8 Å². The number of benzene rings is 3. The van der Waals surface area contributed by atoms with Crippen LogP contribution in [0.15, 0.2) is 139 Å². The lowest BCUT2D eigenvalue weighted by atomic mass is 9.91. The van der Waals surface area contributed by atoms with Crippen LogP contribution in [0.2, 0.25) is 0 Å². The SMILES string of the molecule is CC(=Nc1ccccc1C)c1cc(-c2cccnc2)cc(-c2cc(-c3cccnc3)cc(-c3cccnc3)c2)c1. The third-order valence-corrected chi connectivity index (χ3v) is 7.01. The number of pyridine rings is 3. The molecular formula is C36H28N4. The summed E-state index contributed by atoms with van der Waals surface area (Å²) >= 11 is 0. The summed E-state index contributed by atoms with van der Waals surface area (Å²) in [6.45, 7) is 4.17. The molecule has 4 heteroatoms. The van der Waals surface area contributed by atoms with Crippen molar-refractivity contribution in [1.29, 1.82) is 0 Å². The molecule has 40 heavy (non-hydrogen) atoms. The molecule has 3 heterocycles. The Balaban J connectivity index is 1.56. The number of hydrogen-bond donors (Lipinski definition) is 0. The van der Waals surface area contributed by atoms with Gasteiger partial charge in [0.05, 0.1) is 5.69 Å². The predicted molar refractivity (Wildman–Crippen MR) is 165 cm³/mol. The quantitative estimate of drug-likeness (QED) is 0.208. The lowest BCUT2D eigenvalue weighted by Gasteiger charge is -2.14. The largest absolute Gasteiger partial charge is 0.264 e. The van der Waals surface area contributed by atoms with E-state index in [1.165, 1.54) is 0 Å². The third-order valence-electron chi connectivity index (χ3n) is 7.01. The standard InChI is InChI=1S/C36H28N4/c1-25-8-3-4-12-36(25)40-26(2)30-16-31(27-9-5-13-37-22-27)19-34(17-30)35-20-32(28-10-6-14-38-23-28)18-33(21-35)29-11-7-15-39-24-29/h3-24H,1-2H3. The van der Waals surface area contributed by atoms with Gasteiger partial charge in [0.25, 0.3) is 0 Å². The van der Waals surface area contributed by atoms with Gasteiger partial charge in [0.1, 0.15) is 0 Å². The summed E-state index contributed by atoms with van der Waals surface area (Å²) in [7, 11) is 0. The lowest BCUT2D eigenvalue weighted by Crippen LogP contribution is -1.97. The average molecular weight is 517 g/mol. The van der Waals surface area contributed by atoms with E-state index in [0.29, 0.717) is 0 Å². The molecule has 0 aliphatic carbocycles. The second kappa shape index (κ2) is 11.3. The molecule has 0 saturated heterocycles. The summed E-state index contributed by atoms with van der Waals surface area (Å²) in [5, 5.41) is 0. The molecule has 6 rings (SSSR count). The van der Waals surface area contributed by atoms with E-state index in [2.05, 4.69) is 95.5 Å². The molecular weight excluding hydrogens is 488 g/mol. The monoisotopic (exact) mass is 516 g/mol. The number of para-hydroxylation sites is 1. The molecule has 192 valence electrons. The molecule has 0 unspecified atom stereocenters. The zero-order chi connectivity index (χ0) is 27.3. The van der Waals surface area contributed by atoms with Crippen LogP contribution in [-0.4, -0.2) is 20.7 Å². The van der Waals surface area contributed by atoms with Crippen LogP contribution in [0.1, 0.15) is 18.1 Å². The maximum Gasteiger partial charge on any atom is 0.0662 e. The Hall–Kier alpha value is -5.22. The highest BCUT2D eigenvalue weighted by Crippen LogP contribution is 2.35. The maximum absolute atomic E-state index is 5.01. The van der Waals surface area contributed by atoms with Gasteiger partial charge in [-0.25, -0.2) is 0 Å². The fraction of sp³-hybridized carbons (Fsp3) is 0.0556. The Kier molecular flexibility index (Phi) is 7.06. The second-order valence-electron chi connectivity index (χ2n) is 9.81. The smallest absolute Gasteiger partial charge is 0.0662 e. The molecule has 3 aromatic carbocycles. The summed E-state index contributed by atoms with van der Waals surface area (Å²) in [5.74, 6) is 0. The van der Waals surface area contributed by atoms with Crippen molar-refractivity contribution in [2.75, 3.05) is 0 Å². The summed E-state index contributed by atoms with van der Waals surface area (Å²) in [6, 6.07) is 33.7. The Labute approximate surface area is 234 Å². The van der Waals surface area contributed by atoms with Gasteiger partial charge in [0.15, 0.2) is 0 Å². The van der Waals surface area contributed by atoms with Crippen molar-refractivity contribution in [3.63, 3.8) is 0 Å². The van der Waals surface area contributed by atoms with E-state index < -0.39 is 0 Å². The Morgan fingerprint density at radius 2 is 0.925 bits per heavy atom. The highest BCUT2D eigenvalue weighted by molar-refractivity contribution is 6.02. The lowest BCUT2D eigenvalue weighted by molar-refractivity contribution is 1.32. The highest BCUT2D eigenvalue weighted by atomic mass is 14.7. The van der Waals surface area contributed by atoms with Crippen LogP contribution < -0.4 is 0 Å². The van der Waals surface area contributed by atoms with Gasteiger partial charge in [0.2, 0.25) is 0 Å². The van der Waals surface area contributed by atoms with Crippen molar-refractivity contribution in [2.24, 2.45) is 4.99 Å². The maximum atomic E-state index is 5.01. The Morgan fingerprint density at radius 1 is 0.500 bits per heavy atom. The number of aliphatic imine (C=N–C) groups is 1. The minimum atomic E-state index is 0.956. The molecule has 0 aliphatic heterocycles. The van der Waals surface area contributed by atoms with Gasteiger partial charge in [-0.15, -0.1) is 0 Å². The van der Waals surface area contributed by atoms with Crippen LogP contribution in [-0.2, 0) is 0 Å². The highest BCUT2D eigenvalue weighted by Gasteiger charge is 2.12. The van der Waals surface area contributed by atoms with Gasteiger partial charge < -0.3 is 0 Å². The zero-order valence-electron chi connectivity index (χ0n) is 22.5. The number of hydrogen-bond acceptors (Lipinski definition) is 4. The van der Waals surface area contributed by atoms with E-state index in [4.69, 9.17) is 4.99 Å². The average Bonchev–Trinajstić information content (AvgIpc) is 3.03. The van der Waals surface area contributed by atoms with E-state index in [1.807, 2.05) is 48.9 Å². The minimum Gasteiger partial charge on any atom is -0.264 e. The number of rotatable bonds is 6. The van der Waals surface area contributed by atoms with Gasteiger partial charge in [0, 0.05) is 59.6 Å². The molecule has 0 fully saturated rings. The molecule has 0 spiro atoms. The van der Waals surface area contributed by atoms with E-state index >= 15 is 0 Å². The van der Waals surface area contributed by atoms with Crippen molar-refractivity contribution >= 4 is 11.4 Å². The third kappa shape index (κ3) is 5.47. The molecule has 0 bridgehead atoms. The summed E-state index contributed by atoms with van der Waals surface area (Å²) in [5.41, 5.74) is 12.8. The number of aryl methyl sites for hydroxylation is 1. The molecule has 0 N–H and O–H groups in total. The first-order valence-electron chi connectivity index (χ1n) is 13.3. The zero-order valence-corrected chi connectivity index (χ0v) is 22.5. The molecule has 6 aromatic rings. The van der Waals surface area contributed by atoms with Crippen LogP contribution in [0.3, 0.4) is 0 Å². The van der Waals surface area contributed by atoms with Crippen LogP contribution >= 0.6 is 0 Å². The number of nitrogens with zero attached hydrogens (tertiary/aromatic N) is 4. The molecule has 0 saturated carbocycles. The van der Waals surface area contributed by atoms with Crippen molar-refractivity contribution < 1.29 is 0 Å². The van der Waals surface area contributed by atoms with E-state index in [9.17, 15) is 0 Å². The summed E-state index contributed by atoms with van der Waals surface area (Å²) < 4.78 is 0. The summed E-state index contributed by atoms with van der Waals surface area (Å²) in [4.78, 5) is 18.1. The van der Waals surface area contributed by atoms with Gasteiger partial charge in [-0.1, -0.05) is 36.4 Å². The second-order valence-corrected chi connectivity index (χ2v) is 9.81. The predicted octanol–water partition coefficient (Wildman–Crippen LogP) is 8.99. The van der Waals surface area contributed by atoms with Gasteiger partial charge in [-0.3, -0.25) is 19.9 Å². The van der Waals surface area contributed by atoms with E-state index in [0.717, 1.165) is 67.0 Å². The van der Waals surface area contributed by atoms with E-state index in [1.54, 1.807) is 18.6 Å². The van der Waals surface area contributed by atoms with Crippen molar-refractivity contribution in [1.82, 2.24) is 15.0 Å². The van der Waals surface area contributed by atoms with Crippen LogP contribution in [0.25, 0.3) is 44.5 Å². The van der Waals surface area contributed by atoms with Crippen molar-refractivity contribution in [3.05, 3.63) is 145 Å². The van der Waals surface area contributed by atoms with Crippen LogP contribution in [0.5, 0.6) is 0 Å². The fourth-order valence-corrected chi connectivity index (χ4v) is 4.83. The Bertz CT molecular complexity index is 1740. The minimum absolute atomic E-state index is 0.956. The first-order chi connectivity index (χ1) is 19.6. The fourth-order valence-electron chi connectivity index (χ4n) is 4.83. The molecule has 0 atom stereocenters. The van der Waals surface area contributed by atoms with Gasteiger partial charge in [-0.2, -0.15) is 0 Å². The van der Waals surface area contributed by atoms with E-state index in [-0.39, 0.29) is 0 Å². The van der Waals surface area contributed by atoms with Gasteiger partial charge in [-0.05, 0) is 113 Å². The van der Waals surface area contributed by atoms with Crippen LogP contribution in [0, 0.1) is 6.92 Å². The first kappa shape index (κ1) is 25.1. The molecule has 0 radical (unpaired) electrons. The number of aromatic nitrogens is 3. The van der Waals surface area contributed by atoms with Crippen molar-refractivity contribution in [3.8, 4) is 44.5 Å². The molecule has 3 aromatic heterocycles. The normalized spacial score (nSPS) is 11.4. The van der Waals surface area contributed by atoms with Gasteiger partial charge >= 0.3 is 0 Å². The molecule has 0 amide bonds. The topological polar surface area (TPSA) is 51.0 Å². The molecule has 0 aliphatic rings. The Morgan fingerprint density at radius 3 is 1.38 bits per heavy atom. The van der Waals surface area contributed by atoms with Crippen LogP contribution in [0.4, 0.5) is 5.69 Å².